The van der Waals surface area contributed by atoms with Gasteiger partial charge in [-0.05, 0) is 135 Å². The van der Waals surface area contributed by atoms with Crippen LogP contribution in [-0.4, -0.2) is 49.3 Å². The van der Waals surface area contributed by atoms with E-state index in [1.165, 1.54) is 49.8 Å². The summed E-state index contributed by atoms with van der Waals surface area (Å²) in [7, 11) is -0.282. The van der Waals surface area contributed by atoms with E-state index in [9.17, 15) is 9.90 Å². The fourth-order valence-corrected chi connectivity index (χ4v) is 11.0. The van der Waals surface area contributed by atoms with Gasteiger partial charge in [0.15, 0.2) is 0 Å². The summed E-state index contributed by atoms with van der Waals surface area (Å²) in [6.45, 7) is 6.61. The molecule has 4 aliphatic carbocycles. The zero-order valence-corrected chi connectivity index (χ0v) is 29.3. The molecule has 1 unspecified atom stereocenters. The molecule has 2 atom stereocenters. The van der Waals surface area contributed by atoms with Crippen molar-refractivity contribution in [1.29, 1.82) is 0 Å². The highest BCUT2D eigenvalue weighted by Crippen LogP contribution is 2.56. The zero-order chi connectivity index (χ0) is 32.5. The number of anilines is 1. The number of aliphatic hydroxyl groups is 1. The fraction of sp³-hybridized carbons (Fsp3) is 0.564. The number of ether oxygens (including phenoxy) is 1. The second kappa shape index (κ2) is 13.5. The van der Waals surface area contributed by atoms with Crippen molar-refractivity contribution in [3.8, 4) is 17.2 Å². The van der Waals surface area contributed by atoms with Crippen molar-refractivity contribution in [2.75, 3.05) is 19.0 Å². The van der Waals surface area contributed by atoms with Crippen LogP contribution >= 0.6 is 0 Å². The Labute approximate surface area is 277 Å². The fourth-order valence-electron chi connectivity index (χ4n) is 9.37. The Balaban J connectivity index is 1.36. The third-order valence-electron chi connectivity index (χ3n) is 11.0. The van der Waals surface area contributed by atoms with Crippen molar-refractivity contribution >= 4 is 19.7 Å². The average Bonchev–Trinajstić information content (AvgIpc) is 3.01. The van der Waals surface area contributed by atoms with Gasteiger partial charge in [0.05, 0.1) is 19.2 Å². The molecule has 7 heteroatoms. The first kappa shape index (κ1) is 32.7. The summed E-state index contributed by atoms with van der Waals surface area (Å²) in [6, 6.07) is 15.4. The van der Waals surface area contributed by atoms with Crippen molar-refractivity contribution in [2.24, 2.45) is 23.5 Å². The average molecular weight is 640 g/mol. The highest BCUT2D eigenvalue weighted by atomic mass is 28.3. The molecule has 1 heterocycles. The Morgan fingerprint density at radius 2 is 1.78 bits per heavy atom. The Morgan fingerprint density at radius 3 is 2.39 bits per heavy atom. The van der Waals surface area contributed by atoms with E-state index in [-0.39, 0.29) is 30.1 Å². The summed E-state index contributed by atoms with van der Waals surface area (Å²) in [6.07, 6.45) is 13.3. The molecule has 4 N–H and O–H groups in total. The molecule has 0 spiro atoms. The molecule has 6 nitrogen and oxygen atoms in total. The SMILES string of the molecule is CCC/C(N)=C/C1Cc2cc(OC)ccc2[C@H](c2ccc(NC34CC5CC(CC(C5)C3)C4)cc2)N1C(=O)C#C[Si](C)(C)CCCO. The second-order valence-electron chi connectivity index (χ2n) is 15.3. The number of nitrogens with one attached hydrogen (secondary N) is 1. The van der Waals surface area contributed by atoms with E-state index in [2.05, 4.69) is 79.3 Å². The van der Waals surface area contributed by atoms with Crippen LogP contribution in [0.1, 0.15) is 87.4 Å². The monoisotopic (exact) mass is 639 g/mol. The predicted octanol–water partition coefficient (Wildman–Crippen LogP) is 7.19. The minimum absolute atomic E-state index is 0.151. The van der Waals surface area contributed by atoms with E-state index in [4.69, 9.17) is 10.5 Å². The maximum atomic E-state index is 14.3. The summed E-state index contributed by atoms with van der Waals surface area (Å²) in [5.41, 5.74) is 15.5. The van der Waals surface area contributed by atoms with Gasteiger partial charge >= 0.3 is 0 Å². The minimum atomic E-state index is -1.98. The number of aliphatic hydroxyl groups excluding tert-OH is 1. The minimum Gasteiger partial charge on any atom is -0.497 e. The van der Waals surface area contributed by atoms with Gasteiger partial charge in [-0.2, -0.15) is 0 Å². The van der Waals surface area contributed by atoms with Crippen LogP contribution in [0.25, 0.3) is 0 Å². The number of nitrogens with zero attached hydrogens (tertiary/aromatic N) is 1. The van der Waals surface area contributed by atoms with Gasteiger partial charge in [0, 0.05) is 23.5 Å². The number of hydrogen-bond donors (Lipinski definition) is 3. The van der Waals surface area contributed by atoms with Gasteiger partial charge in [-0.3, -0.25) is 4.79 Å². The van der Waals surface area contributed by atoms with Crippen molar-refractivity contribution in [1.82, 2.24) is 4.90 Å². The lowest BCUT2D eigenvalue weighted by Crippen LogP contribution is -2.54. The molecule has 4 bridgehead atoms. The molecule has 246 valence electrons. The molecule has 0 saturated heterocycles. The number of methoxy groups -OCH3 is 1. The third kappa shape index (κ3) is 7.04. The molecule has 5 aliphatic rings. The molecule has 46 heavy (non-hydrogen) atoms. The summed E-state index contributed by atoms with van der Waals surface area (Å²) in [5, 5.41) is 13.4. The number of amides is 1. The Kier molecular flexibility index (Phi) is 9.59. The Hall–Kier alpha value is -3.21. The van der Waals surface area contributed by atoms with E-state index in [1.807, 2.05) is 11.0 Å². The standard InChI is InChI=1S/C39H53N3O3Si/c1-5-7-32(40)23-34-21-31-22-35(45-2)12-13-36(31)38(42(34)37(44)14-17-46(3,4)16-6-15-43)30-8-10-33(11-9-30)41-39-24-27-18-28(25-39)20-29(19-27)26-39/h8-13,22-23,27-29,34,38,41,43H,5-7,15-16,18-21,24-26,40H2,1-4H3/b32-23-/t27?,28?,29?,34?,38-,39?/m0/s1. The molecule has 2 aromatic carbocycles. The number of carbonyl (C=O) groups is 1. The van der Waals surface area contributed by atoms with Gasteiger partial charge in [-0.1, -0.05) is 44.6 Å². The van der Waals surface area contributed by atoms with E-state index in [0.29, 0.717) is 12.8 Å². The van der Waals surface area contributed by atoms with Crippen LogP contribution in [0.5, 0.6) is 5.75 Å². The molecule has 1 amide bonds. The largest absolute Gasteiger partial charge is 0.497 e. The predicted molar refractivity (Wildman–Crippen MR) is 189 cm³/mol. The van der Waals surface area contributed by atoms with E-state index < -0.39 is 8.07 Å². The Morgan fingerprint density at radius 1 is 1.11 bits per heavy atom. The van der Waals surface area contributed by atoms with Gasteiger partial charge in [0.1, 0.15) is 13.8 Å². The lowest BCUT2D eigenvalue weighted by atomic mass is 9.53. The van der Waals surface area contributed by atoms with Gasteiger partial charge in [0.2, 0.25) is 0 Å². The maximum Gasteiger partial charge on any atom is 0.299 e. The molecule has 7 rings (SSSR count). The number of nitrogens with two attached hydrogens (primary N) is 1. The second-order valence-corrected chi connectivity index (χ2v) is 19.9. The van der Waals surface area contributed by atoms with Crippen LogP contribution in [0.3, 0.4) is 0 Å². The quantitative estimate of drug-likeness (QED) is 0.189. The summed E-state index contributed by atoms with van der Waals surface area (Å²) >= 11 is 0. The van der Waals surface area contributed by atoms with E-state index in [0.717, 1.165) is 59.2 Å². The lowest BCUT2D eigenvalue weighted by Gasteiger charge is -2.57. The van der Waals surface area contributed by atoms with Crippen molar-refractivity contribution in [3.05, 3.63) is 70.9 Å². The van der Waals surface area contributed by atoms with Gasteiger partial charge < -0.3 is 25.8 Å². The first-order chi connectivity index (χ1) is 22.1. The molecule has 2 aromatic rings. The van der Waals surface area contributed by atoms with Gasteiger partial charge in [-0.15, -0.1) is 5.54 Å². The molecular weight excluding hydrogens is 587 g/mol. The van der Waals surface area contributed by atoms with Crippen LogP contribution in [0.2, 0.25) is 19.1 Å². The topological polar surface area (TPSA) is 87.8 Å². The molecular formula is C39H53N3O3Si. The molecule has 4 saturated carbocycles. The van der Waals surface area contributed by atoms with E-state index >= 15 is 0 Å². The number of fused-ring (bicyclic) bond motifs is 1. The van der Waals surface area contributed by atoms with Gasteiger partial charge in [0.25, 0.3) is 5.91 Å². The lowest BCUT2D eigenvalue weighted by molar-refractivity contribution is -0.128. The highest BCUT2D eigenvalue weighted by molar-refractivity contribution is 6.85. The van der Waals surface area contributed by atoms with Crippen molar-refractivity contribution < 1.29 is 14.6 Å². The maximum absolute atomic E-state index is 14.3. The smallest absolute Gasteiger partial charge is 0.299 e. The van der Waals surface area contributed by atoms with Crippen molar-refractivity contribution in [3.63, 3.8) is 0 Å². The first-order valence-electron chi connectivity index (χ1n) is 17.6. The number of carbonyl (C=O) groups excluding carboxylic acids is 1. The van der Waals surface area contributed by atoms with E-state index in [1.54, 1.807) is 7.11 Å². The first-order valence-corrected chi connectivity index (χ1v) is 20.8. The van der Waals surface area contributed by atoms with Crippen molar-refractivity contribution in [2.45, 2.75) is 108 Å². The summed E-state index contributed by atoms with van der Waals surface area (Å²) in [4.78, 5) is 16.3. The number of benzene rings is 2. The molecule has 0 aromatic heterocycles. The van der Waals surface area contributed by atoms with Crippen LogP contribution in [0.15, 0.2) is 54.2 Å². The number of hydrogen-bond acceptors (Lipinski definition) is 5. The normalized spacial score (nSPS) is 28.3. The molecule has 4 fully saturated rings. The van der Waals surface area contributed by atoms with Crippen LogP contribution in [0, 0.1) is 29.2 Å². The molecule has 1 aliphatic heterocycles. The third-order valence-corrected chi connectivity index (χ3v) is 13.4. The zero-order valence-electron chi connectivity index (χ0n) is 28.3. The summed E-state index contributed by atoms with van der Waals surface area (Å²) < 4.78 is 5.62. The highest BCUT2D eigenvalue weighted by Gasteiger charge is 2.51. The van der Waals surface area contributed by atoms with Gasteiger partial charge in [-0.25, -0.2) is 0 Å². The number of rotatable bonds is 10. The van der Waals surface area contributed by atoms with Crippen LogP contribution in [-0.2, 0) is 11.2 Å². The number of allylic oxidation sites excluding steroid dienone is 1. The summed E-state index contributed by atoms with van der Waals surface area (Å²) in [5.74, 6) is 6.40. The van der Waals surface area contributed by atoms with Crippen LogP contribution in [0.4, 0.5) is 5.69 Å². The van der Waals surface area contributed by atoms with Crippen LogP contribution < -0.4 is 15.8 Å². The molecule has 0 radical (unpaired) electrons. The Bertz CT molecular complexity index is 1470.